The molecule has 1 aliphatic heterocycles. The first-order valence-electron chi connectivity index (χ1n) is 17.0. The van der Waals surface area contributed by atoms with E-state index in [9.17, 15) is 9.59 Å². The summed E-state index contributed by atoms with van der Waals surface area (Å²) in [5.41, 5.74) is 5.64. The van der Waals surface area contributed by atoms with Gasteiger partial charge in [-0.25, -0.2) is 0 Å². The summed E-state index contributed by atoms with van der Waals surface area (Å²) in [6.45, 7) is 29.5. The van der Waals surface area contributed by atoms with Crippen molar-refractivity contribution < 1.29 is 17.2 Å². The van der Waals surface area contributed by atoms with Gasteiger partial charge >= 0.3 is 0 Å². The quantitative estimate of drug-likeness (QED) is 0.149. The summed E-state index contributed by atoms with van der Waals surface area (Å²) in [5, 5.41) is 2.95. The smallest absolute Gasteiger partial charge is 0.255 e. The molecule has 1 saturated heterocycles. The van der Waals surface area contributed by atoms with Gasteiger partial charge in [0.1, 0.15) is 11.5 Å². The van der Waals surface area contributed by atoms with E-state index in [1.54, 1.807) is 7.11 Å². The number of carbonyl (C=O) groups is 2. The van der Waals surface area contributed by atoms with Crippen molar-refractivity contribution in [1.29, 1.82) is 0 Å². The van der Waals surface area contributed by atoms with E-state index in [2.05, 4.69) is 64.1 Å². The van der Waals surface area contributed by atoms with E-state index in [1.165, 1.54) is 25.9 Å². The van der Waals surface area contributed by atoms with Crippen molar-refractivity contribution in [2.45, 2.75) is 121 Å². The van der Waals surface area contributed by atoms with Crippen LogP contribution in [0.15, 0.2) is 79.1 Å². The highest BCUT2D eigenvalue weighted by molar-refractivity contribution is 6.05. The number of methoxy groups -OCH3 is 1. The molecule has 5 heteroatoms. The Morgan fingerprint density at radius 3 is 2.00 bits per heavy atom. The normalized spacial score (nSPS) is 13.1. The summed E-state index contributed by atoms with van der Waals surface area (Å²) < 4.78 is 5.54. The Morgan fingerprint density at radius 1 is 0.979 bits per heavy atom. The van der Waals surface area contributed by atoms with Gasteiger partial charge in [0.25, 0.3) is 5.91 Å². The molecule has 47 heavy (non-hydrogen) atoms. The maximum atomic E-state index is 12.6. The minimum Gasteiger partial charge on any atom is -0.501 e. The summed E-state index contributed by atoms with van der Waals surface area (Å²) in [7, 11) is 1.69. The highest BCUT2D eigenvalue weighted by atomic mass is 16.5. The zero-order valence-electron chi connectivity index (χ0n) is 31.0. The molecule has 268 valence electrons. The van der Waals surface area contributed by atoms with Crippen LogP contribution >= 0.6 is 0 Å². The van der Waals surface area contributed by atoms with Crippen molar-refractivity contribution in [3.8, 4) is 0 Å². The van der Waals surface area contributed by atoms with E-state index in [-0.39, 0.29) is 27.4 Å². The summed E-state index contributed by atoms with van der Waals surface area (Å²) in [6.07, 6.45) is 9.35. The van der Waals surface area contributed by atoms with Crippen molar-refractivity contribution in [1.82, 2.24) is 4.90 Å². The first-order valence-corrected chi connectivity index (χ1v) is 17.0. The molecular formula is C42H72N2O3. The highest BCUT2D eigenvalue weighted by Crippen LogP contribution is 2.27. The molecule has 1 amide bonds. The lowest BCUT2D eigenvalue weighted by molar-refractivity contribution is -0.119. The number of nitrogens with one attached hydrogen (secondary N) is 1. The van der Waals surface area contributed by atoms with Crippen LogP contribution in [0.2, 0.25) is 0 Å². The second kappa shape index (κ2) is 24.7. The van der Waals surface area contributed by atoms with Gasteiger partial charge in [-0.15, -0.1) is 13.2 Å². The third-order valence-electron chi connectivity index (χ3n) is 7.74. The number of carbonyl (C=O) groups excluding carboxylic acids is 2. The van der Waals surface area contributed by atoms with Gasteiger partial charge in [-0.05, 0) is 114 Å². The number of hydrogen-bond acceptors (Lipinski definition) is 4. The topological polar surface area (TPSA) is 58.6 Å². The number of Topliss-reactive ketones (excluding diaryl/α,β-unsaturated/α-hetero) is 1. The Hall–Kier alpha value is -3.44. The molecule has 0 bridgehead atoms. The number of benzene rings is 2. The zero-order chi connectivity index (χ0) is 35.3. The monoisotopic (exact) mass is 653 g/mol. The number of ketones is 1. The second-order valence-corrected chi connectivity index (χ2v) is 12.7. The first kappa shape index (κ1) is 45.7. The summed E-state index contributed by atoms with van der Waals surface area (Å²) in [4.78, 5) is 27.6. The molecule has 0 atom stereocenters. The predicted molar refractivity (Wildman–Crippen MR) is 211 cm³/mol. The van der Waals surface area contributed by atoms with Crippen LogP contribution in [-0.2, 0) is 16.0 Å². The number of anilines is 1. The van der Waals surface area contributed by atoms with E-state index >= 15 is 0 Å². The Balaban J connectivity index is -0.000000578. The lowest BCUT2D eigenvalue weighted by atomic mass is 9.91. The van der Waals surface area contributed by atoms with Gasteiger partial charge < -0.3 is 15.0 Å². The molecule has 0 unspecified atom stereocenters. The van der Waals surface area contributed by atoms with E-state index in [4.69, 9.17) is 4.74 Å². The largest absolute Gasteiger partial charge is 0.501 e. The van der Waals surface area contributed by atoms with Gasteiger partial charge in [-0.1, -0.05) is 78.0 Å². The number of aryl methyl sites for hydroxylation is 3. The van der Waals surface area contributed by atoms with E-state index in [0.717, 1.165) is 39.8 Å². The molecule has 5 nitrogen and oxygen atoms in total. The summed E-state index contributed by atoms with van der Waals surface area (Å²) in [5.74, 6) is 1.05. The first-order chi connectivity index (χ1) is 21.8. The zero-order valence-corrected chi connectivity index (χ0v) is 31.0. The molecule has 2 aromatic rings. The lowest BCUT2D eigenvalue weighted by Crippen LogP contribution is -2.26. The molecule has 2 aromatic carbocycles. The van der Waals surface area contributed by atoms with Gasteiger partial charge in [0.2, 0.25) is 0 Å². The second-order valence-electron chi connectivity index (χ2n) is 12.7. The minimum absolute atomic E-state index is 0. The fraction of sp³-hybridized carbons (Fsp3) is 0.524. The average molecular weight is 653 g/mol. The predicted octanol–water partition coefficient (Wildman–Crippen LogP) is 11.8. The molecule has 0 aromatic heterocycles. The van der Waals surface area contributed by atoms with Crippen LogP contribution in [0.25, 0.3) is 0 Å². The third-order valence-corrected chi connectivity index (χ3v) is 7.74. The average Bonchev–Trinajstić information content (AvgIpc) is 3.58. The van der Waals surface area contributed by atoms with Gasteiger partial charge in [-0.3, -0.25) is 9.59 Å². The number of allylic oxidation sites excluding steroid dienone is 4. The number of hydrogen-bond donors (Lipinski definition) is 1. The standard InChI is InChI=1S/C30H39NO3.C7H15N.C2H6.C2H4.CH4.2H2/c1-8-23(20-28(34-7)30(4,5)6)12-16-26(32)17-13-24-10-14-25(15-11-24)31-29(33)27-18-9-21(2)19-22(27)3;1-7(2)8-5-3-4-6-8;2*1-2;;;/h8-11,14-15,18-20H,12-13,16-17H2,1-7H3,(H,31,33);7H,3-6H2,1-2H3;1-2H3;1-2H2;1H4;2*1H/b23-8-,28-20-;;;;;;. The maximum absolute atomic E-state index is 12.6. The number of ether oxygens (including phenoxy) is 1. The van der Waals surface area contributed by atoms with Gasteiger partial charge in [0.05, 0.1) is 7.11 Å². The lowest BCUT2D eigenvalue weighted by Gasteiger charge is -2.22. The van der Waals surface area contributed by atoms with E-state index in [1.807, 2.05) is 83.2 Å². The number of likely N-dealkylation sites (tertiary alicyclic amines) is 1. The van der Waals surface area contributed by atoms with Crippen molar-refractivity contribution >= 4 is 17.4 Å². The van der Waals surface area contributed by atoms with E-state index < -0.39 is 0 Å². The molecule has 0 saturated carbocycles. The van der Waals surface area contributed by atoms with Crippen molar-refractivity contribution in [3.05, 3.63) is 101 Å². The SMILES string of the molecule is C.C/C=C(\C=C(/OC)C(C)(C)C)CCC(=O)CCc1ccc(NC(=O)c2ccc(C)cc2C)cc1.C=C.CC.CC(C)N1CCCC1.[HH].[HH]. The van der Waals surface area contributed by atoms with Crippen LogP contribution in [0.4, 0.5) is 5.69 Å². The van der Waals surface area contributed by atoms with Crippen LogP contribution in [0, 0.1) is 19.3 Å². The van der Waals surface area contributed by atoms with Crippen LogP contribution in [0.3, 0.4) is 0 Å². The maximum Gasteiger partial charge on any atom is 0.255 e. The van der Waals surface area contributed by atoms with Crippen molar-refractivity contribution in [3.63, 3.8) is 0 Å². The Morgan fingerprint density at radius 2 is 1.55 bits per heavy atom. The molecule has 0 radical (unpaired) electrons. The third kappa shape index (κ3) is 17.9. The molecule has 1 fully saturated rings. The van der Waals surface area contributed by atoms with E-state index in [0.29, 0.717) is 31.2 Å². The molecule has 1 heterocycles. The van der Waals surface area contributed by atoms with Crippen LogP contribution < -0.4 is 5.32 Å². The van der Waals surface area contributed by atoms with Crippen LogP contribution in [0.5, 0.6) is 0 Å². The van der Waals surface area contributed by atoms with Gasteiger partial charge in [0.15, 0.2) is 0 Å². The van der Waals surface area contributed by atoms with Gasteiger partial charge in [-0.2, -0.15) is 0 Å². The molecule has 0 spiro atoms. The fourth-order valence-corrected chi connectivity index (χ4v) is 5.02. The Labute approximate surface area is 292 Å². The molecule has 1 N–H and O–H groups in total. The molecule has 0 aliphatic carbocycles. The molecular weight excluding hydrogens is 580 g/mol. The number of nitrogens with zero attached hydrogens (tertiary/aromatic N) is 1. The fourth-order valence-electron chi connectivity index (χ4n) is 5.02. The van der Waals surface area contributed by atoms with Crippen LogP contribution in [0.1, 0.15) is 125 Å². The molecule has 3 rings (SSSR count). The van der Waals surface area contributed by atoms with Crippen LogP contribution in [-0.4, -0.2) is 42.8 Å². The number of amides is 1. The summed E-state index contributed by atoms with van der Waals surface area (Å²) in [6, 6.07) is 14.3. The van der Waals surface area contributed by atoms with Crippen molar-refractivity contribution in [2.24, 2.45) is 5.41 Å². The minimum atomic E-state index is -0.114. The highest BCUT2D eigenvalue weighted by Gasteiger charge is 2.18. The Bertz CT molecular complexity index is 1240. The number of rotatable bonds is 11. The van der Waals surface area contributed by atoms with Gasteiger partial charge in [0, 0.05) is 38.4 Å². The molecule has 1 aliphatic rings. The Kier molecular flexibility index (Phi) is 24.0. The summed E-state index contributed by atoms with van der Waals surface area (Å²) >= 11 is 0. The van der Waals surface area contributed by atoms with Crippen molar-refractivity contribution in [2.75, 3.05) is 25.5 Å².